The van der Waals surface area contributed by atoms with Gasteiger partial charge in [-0.25, -0.2) is 4.39 Å². The van der Waals surface area contributed by atoms with Crippen LogP contribution in [0.2, 0.25) is 0 Å². The van der Waals surface area contributed by atoms with Crippen LogP contribution in [0.25, 0.3) is 0 Å². The Morgan fingerprint density at radius 3 is 1.89 bits per heavy atom. The van der Waals surface area contributed by atoms with Crippen molar-refractivity contribution in [2.75, 3.05) is 0 Å². The first-order valence-corrected chi connectivity index (χ1v) is 6.85. The van der Waals surface area contributed by atoms with Crippen LogP contribution in [-0.4, -0.2) is 0 Å². The molecule has 0 amide bonds. The molecule has 0 radical (unpaired) electrons. The van der Waals surface area contributed by atoms with Crippen molar-refractivity contribution in [3.8, 4) is 0 Å². The molecule has 2 heteroatoms. The van der Waals surface area contributed by atoms with Crippen molar-refractivity contribution in [1.29, 1.82) is 0 Å². The van der Waals surface area contributed by atoms with Gasteiger partial charge in [0.1, 0.15) is 5.82 Å². The summed E-state index contributed by atoms with van der Waals surface area (Å²) in [6.45, 7) is 0. The van der Waals surface area contributed by atoms with Gasteiger partial charge < -0.3 is 5.73 Å². The minimum Gasteiger partial charge on any atom is -0.320 e. The first-order valence-electron chi connectivity index (χ1n) is 6.85. The first-order chi connectivity index (χ1) is 9.24. The van der Waals surface area contributed by atoms with E-state index in [0.717, 1.165) is 17.0 Å². The van der Waals surface area contributed by atoms with E-state index in [2.05, 4.69) is 24.3 Å². The molecule has 1 nitrogen and oxygen atoms in total. The molecule has 0 aromatic heterocycles. The molecule has 1 saturated carbocycles. The predicted octanol–water partition coefficient (Wildman–Crippen LogP) is 4.14. The summed E-state index contributed by atoms with van der Waals surface area (Å²) in [5.41, 5.74) is 9.66. The van der Waals surface area contributed by atoms with Crippen molar-refractivity contribution in [2.45, 2.75) is 31.2 Å². The molecule has 0 heterocycles. The van der Waals surface area contributed by atoms with E-state index < -0.39 is 0 Å². The fourth-order valence-corrected chi connectivity index (χ4v) is 2.58. The van der Waals surface area contributed by atoms with Crippen LogP contribution in [0.15, 0.2) is 48.5 Å². The van der Waals surface area contributed by atoms with Crippen LogP contribution >= 0.6 is 0 Å². The number of nitrogens with two attached hydrogens (primary N) is 1. The van der Waals surface area contributed by atoms with Gasteiger partial charge in [-0.2, -0.15) is 0 Å². The molecule has 1 aliphatic rings. The highest BCUT2D eigenvalue weighted by atomic mass is 19.1. The number of hydrogen-bond acceptors (Lipinski definition) is 1. The summed E-state index contributed by atoms with van der Waals surface area (Å²) in [5.74, 6) is 0.521. The molecule has 1 unspecified atom stereocenters. The Labute approximate surface area is 113 Å². The van der Waals surface area contributed by atoms with E-state index in [1.165, 1.54) is 37.0 Å². The van der Waals surface area contributed by atoms with Crippen molar-refractivity contribution in [1.82, 2.24) is 0 Å². The van der Waals surface area contributed by atoms with Gasteiger partial charge in [0.25, 0.3) is 0 Å². The first kappa shape index (κ1) is 12.4. The van der Waals surface area contributed by atoms with E-state index in [-0.39, 0.29) is 11.9 Å². The highest BCUT2D eigenvalue weighted by Gasteiger charge is 2.19. The van der Waals surface area contributed by atoms with Gasteiger partial charge in [0.2, 0.25) is 0 Å². The SMILES string of the molecule is NC(c1ccc(F)cc1)c1ccc(C2CCC2)cc1. The number of halogens is 1. The summed E-state index contributed by atoms with van der Waals surface area (Å²) in [5, 5.41) is 0. The lowest BCUT2D eigenvalue weighted by Gasteiger charge is -2.26. The fraction of sp³-hybridized carbons (Fsp3) is 0.294. The number of benzene rings is 2. The minimum absolute atomic E-state index is 0.184. The van der Waals surface area contributed by atoms with Crippen molar-refractivity contribution in [2.24, 2.45) is 5.73 Å². The summed E-state index contributed by atoms with van der Waals surface area (Å²) < 4.78 is 12.9. The molecule has 2 N–H and O–H groups in total. The van der Waals surface area contributed by atoms with Crippen LogP contribution in [0.3, 0.4) is 0 Å². The van der Waals surface area contributed by atoms with Crippen molar-refractivity contribution >= 4 is 0 Å². The topological polar surface area (TPSA) is 26.0 Å². The van der Waals surface area contributed by atoms with Crippen LogP contribution in [0.1, 0.15) is 47.9 Å². The average molecular weight is 255 g/mol. The maximum absolute atomic E-state index is 12.9. The Balaban J connectivity index is 1.79. The van der Waals surface area contributed by atoms with E-state index in [4.69, 9.17) is 5.73 Å². The Morgan fingerprint density at radius 2 is 1.42 bits per heavy atom. The molecule has 0 bridgehead atoms. The van der Waals surface area contributed by atoms with E-state index in [0.29, 0.717) is 0 Å². The van der Waals surface area contributed by atoms with Crippen molar-refractivity contribution in [3.63, 3.8) is 0 Å². The van der Waals surface area contributed by atoms with Gasteiger partial charge in [-0.05, 0) is 47.6 Å². The van der Waals surface area contributed by atoms with E-state index >= 15 is 0 Å². The highest BCUT2D eigenvalue weighted by Crippen LogP contribution is 2.36. The molecule has 98 valence electrons. The van der Waals surface area contributed by atoms with Gasteiger partial charge in [-0.15, -0.1) is 0 Å². The van der Waals surface area contributed by atoms with Gasteiger partial charge in [0.05, 0.1) is 6.04 Å². The van der Waals surface area contributed by atoms with Gasteiger partial charge in [0, 0.05) is 0 Å². The van der Waals surface area contributed by atoms with E-state index in [1.54, 1.807) is 12.1 Å². The quantitative estimate of drug-likeness (QED) is 0.876. The minimum atomic E-state index is -0.226. The van der Waals surface area contributed by atoms with Gasteiger partial charge in [-0.3, -0.25) is 0 Å². The van der Waals surface area contributed by atoms with Crippen LogP contribution < -0.4 is 5.73 Å². The summed E-state index contributed by atoms with van der Waals surface area (Å²) >= 11 is 0. The molecule has 19 heavy (non-hydrogen) atoms. The molecule has 1 aliphatic carbocycles. The number of hydrogen-bond donors (Lipinski definition) is 1. The summed E-state index contributed by atoms with van der Waals surface area (Å²) in [4.78, 5) is 0. The van der Waals surface area contributed by atoms with Gasteiger partial charge in [0.15, 0.2) is 0 Å². The van der Waals surface area contributed by atoms with Gasteiger partial charge in [-0.1, -0.05) is 42.8 Å². The normalized spacial score (nSPS) is 16.9. The average Bonchev–Trinajstić information content (AvgIpc) is 2.38. The maximum atomic E-state index is 12.9. The third kappa shape index (κ3) is 2.54. The van der Waals surface area contributed by atoms with Crippen molar-refractivity contribution in [3.05, 3.63) is 71.0 Å². The molecule has 0 aliphatic heterocycles. The van der Waals surface area contributed by atoms with E-state index in [1.807, 2.05) is 0 Å². The summed E-state index contributed by atoms with van der Waals surface area (Å²) in [6.07, 6.45) is 3.97. The zero-order valence-electron chi connectivity index (χ0n) is 10.9. The molecule has 3 rings (SSSR count). The Bertz CT molecular complexity index is 540. The molecule has 0 spiro atoms. The fourth-order valence-electron chi connectivity index (χ4n) is 2.58. The molecule has 2 aromatic rings. The molecule has 1 fully saturated rings. The monoisotopic (exact) mass is 255 g/mol. The molecular formula is C17H18FN. The lowest BCUT2D eigenvalue weighted by molar-refractivity contribution is 0.419. The van der Waals surface area contributed by atoms with E-state index in [9.17, 15) is 4.39 Å². The molecular weight excluding hydrogens is 237 g/mol. The lowest BCUT2D eigenvalue weighted by atomic mass is 9.79. The third-order valence-corrected chi connectivity index (χ3v) is 4.10. The zero-order chi connectivity index (χ0) is 13.2. The molecule has 2 aromatic carbocycles. The van der Waals surface area contributed by atoms with Gasteiger partial charge >= 0.3 is 0 Å². The largest absolute Gasteiger partial charge is 0.320 e. The maximum Gasteiger partial charge on any atom is 0.123 e. The zero-order valence-corrected chi connectivity index (χ0v) is 10.9. The molecule has 0 saturated heterocycles. The third-order valence-electron chi connectivity index (χ3n) is 4.10. The second-order valence-electron chi connectivity index (χ2n) is 5.32. The van der Waals surface area contributed by atoms with Crippen LogP contribution in [0.5, 0.6) is 0 Å². The summed E-state index contributed by atoms with van der Waals surface area (Å²) in [7, 11) is 0. The molecule has 1 atom stereocenters. The second kappa shape index (κ2) is 5.14. The number of rotatable bonds is 3. The summed E-state index contributed by atoms with van der Waals surface area (Å²) in [6, 6.07) is 14.8. The van der Waals surface area contributed by atoms with Crippen LogP contribution in [0, 0.1) is 5.82 Å². The Morgan fingerprint density at radius 1 is 0.895 bits per heavy atom. The highest BCUT2D eigenvalue weighted by molar-refractivity contribution is 5.34. The Hall–Kier alpha value is -1.67. The smallest absolute Gasteiger partial charge is 0.123 e. The second-order valence-corrected chi connectivity index (χ2v) is 5.32. The predicted molar refractivity (Wildman–Crippen MR) is 75.5 cm³/mol. The Kier molecular flexibility index (Phi) is 3.34. The standard InChI is InChI=1S/C17H18FN/c18-16-10-8-15(9-11-16)17(19)14-6-4-13(5-7-14)12-2-1-3-12/h4-12,17H,1-3,19H2. The lowest BCUT2D eigenvalue weighted by Crippen LogP contribution is -2.13. The van der Waals surface area contributed by atoms with Crippen LogP contribution in [-0.2, 0) is 0 Å². The van der Waals surface area contributed by atoms with Crippen LogP contribution in [0.4, 0.5) is 4.39 Å². The van der Waals surface area contributed by atoms with Crippen molar-refractivity contribution < 1.29 is 4.39 Å².